The molecule has 0 saturated carbocycles. The van der Waals surface area contributed by atoms with E-state index in [-0.39, 0.29) is 5.91 Å². The summed E-state index contributed by atoms with van der Waals surface area (Å²) in [4.78, 5) is 12.2. The molecule has 1 amide bonds. The van der Waals surface area contributed by atoms with E-state index in [0.717, 1.165) is 8.04 Å². The number of rotatable bonds is 3. The van der Waals surface area contributed by atoms with Gasteiger partial charge < -0.3 is 10.4 Å². The van der Waals surface area contributed by atoms with Crippen molar-refractivity contribution >= 4 is 44.4 Å². The Kier molecular flexibility index (Phi) is 4.83. The zero-order valence-electron chi connectivity index (χ0n) is 10.8. The molecule has 0 radical (unpaired) electrons. The van der Waals surface area contributed by atoms with Crippen LogP contribution in [0.2, 0.25) is 0 Å². The van der Waals surface area contributed by atoms with Gasteiger partial charge in [-0.25, -0.2) is 0 Å². The fourth-order valence-corrected chi connectivity index (χ4v) is 2.12. The SMILES string of the molecule is CC(C)(O)C(C)(C)NC(=O)c1cc(Br)ccc1I. The number of benzene rings is 1. The molecule has 0 saturated heterocycles. The fourth-order valence-electron chi connectivity index (χ4n) is 1.18. The van der Waals surface area contributed by atoms with Crippen molar-refractivity contribution in [3.63, 3.8) is 0 Å². The quantitative estimate of drug-likeness (QED) is 0.729. The van der Waals surface area contributed by atoms with Gasteiger partial charge in [0.05, 0.1) is 16.7 Å². The van der Waals surface area contributed by atoms with Crippen molar-refractivity contribution in [1.29, 1.82) is 0 Å². The minimum absolute atomic E-state index is 0.187. The van der Waals surface area contributed by atoms with E-state index in [2.05, 4.69) is 43.8 Å². The fraction of sp³-hybridized carbons (Fsp3) is 0.462. The predicted octanol–water partition coefficient (Wildman–Crippen LogP) is 3.33. The molecular weight excluding hydrogens is 409 g/mol. The highest BCUT2D eigenvalue weighted by atomic mass is 127. The van der Waals surface area contributed by atoms with E-state index in [9.17, 15) is 9.90 Å². The normalized spacial score (nSPS) is 12.4. The second kappa shape index (κ2) is 5.46. The maximum Gasteiger partial charge on any atom is 0.252 e. The van der Waals surface area contributed by atoms with Crippen molar-refractivity contribution < 1.29 is 9.90 Å². The minimum atomic E-state index is -1.000. The van der Waals surface area contributed by atoms with Crippen LogP contribution in [-0.2, 0) is 0 Å². The Morgan fingerprint density at radius 1 is 1.33 bits per heavy atom. The van der Waals surface area contributed by atoms with Gasteiger partial charge in [0.15, 0.2) is 0 Å². The molecule has 0 atom stereocenters. The van der Waals surface area contributed by atoms with Crippen molar-refractivity contribution in [1.82, 2.24) is 5.32 Å². The number of hydrogen-bond acceptors (Lipinski definition) is 2. The van der Waals surface area contributed by atoms with Gasteiger partial charge in [-0.05, 0) is 68.5 Å². The molecule has 0 unspecified atom stereocenters. The van der Waals surface area contributed by atoms with E-state index in [1.807, 2.05) is 12.1 Å². The van der Waals surface area contributed by atoms with Crippen molar-refractivity contribution in [2.75, 3.05) is 0 Å². The smallest absolute Gasteiger partial charge is 0.252 e. The van der Waals surface area contributed by atoms with Crippen LogP contribution in [0.5, 0.6) is 0 Å². The Morgan fingerprint density at radius 3 is 2.39 bits per heavy atom. The van der Waals surface area contributed by atoms with E-state index >= 15 is 0 Å². The molecule has 0 aliphatic rings. The Balaban J connectivity index is 3.00. The summed E-state index contributed by atoms with van der Waals surface area (Å²) in [5.41, 5.74) is -1.11. The van der Waals surface area contributed by atoms with Gasteiger partial charge in [-0.3, -0.25) is 4.79 Å². The Morgan fingerprint density at radius 2 is 1.89 bits per heavy atom. The molecule has 0 heterocycles. The lowest BCUT2D eigenvalue weighted by atomic mass is 9.86. The van der Waals surface area contributed by atoms with Crippen LogP contribution >= 0.6 is 38.5 Å². The summed E-state index contributed by atoms with van der Waals surface area (Å²) in [6.07, 6.45) is 0. The molecule has 0 spiro atoms. The van der Waals surface area contributed by atoms with Crippen LogP contribution in [0.25, 0.3) is 0 Å². The first-order chi connectivity index (χ1) is 8.04. The average molecular weight is 426 g/mol. The minimum Gasteiger partial charge on any atom is -0.388 e. The van der Waals surface area contributed by atoms with Gasteiger partial charge >= 0.3 is 0 Å². The molecular formula is C13H17BrINO2. The lowest BCUT2D eigenvalue weighted by molar-refractivity contribution is -0.00294. The van der Waals surface area contributed by atoms with Gasteiger partial charge in [0.2, 0.25) is 0 Å². The van der Waals surface area contributed by atoms with Crippen LogP contribution < -0.4 is 5.32 Å². The molecule has 0 aromatic heterocycles. The second-order valence-corrected chi connectivity index (χ2v) is 7.34. The van der Waals surface area contributed by atoms with Crippen LogP contribution in [0.1, 0.15) is 38.1 Å². The van der Waals surface area contributed by atoms with Crippen molar-refractivity contribution in [2.45, 2.75) is 38.8 Å². The lowest BCUT2D eigenvalue weighted by Gasteiger charge is -2.38. The first-order valence-corrected chi connectivity index (χ1v) is 7.42. The molecule has 0 fully saturated rings. The van der Waals surface area contributed by atoms with Crippen LogP contribution in [0.15, 0.2) is 22.7 Å². The number of hydrogen-bond donors (Lipinski definition) is 2. The van der Waals surface area contributed by atoms with E-state index < -0.39 is 11.1 Å². The highest BCUT2D eigenvalue weighted by Gasteiger charge is 2.36. The molecule has 5 heteroatoms. The van der Waals surface area contributed by atoms with Gasteiger partial charge in [-0.15, -0.1) is 0 Å². The largest absolute Gasteiger partial charge is 0.388 e. The topological polar surface area (TPSA) is 49.3 Å². The molecule has 1 aromatic rings. The van der Waals surface area contributed by atoms with E-state index in [4.69, 9.17) is 0 Å². The number of halogens is 2. The summed E-state index contributed by atoms with van der Waals surface area (Å²) >= 11 is 5.47. The summed E-state index contributed by atoms with van der Waals surface area (Å²) in [7, 11) is 0. The molecule has 0 aliphatic carbocycles. The zero-order chi connectivity index (χ0) is 14.1. The molecule has 3 nitrogen and oxygen atoms in total. The monoisotopic (exact) mass is 425 g/mol. The van der Waals surface area contributed by atoms with Crippen LogP contribution in [-0.4, -0.2) is 22.2 Å². The van der Waals surface area contributed by atoms with Crippen molar-refractivity contribution in [3.8, 4) is 0 Å². The number of nitrogens with one attached hydrogen (secondary N) is 1. The lowest BCUT2D eigenvalue weighted by Crippen LogP contribution is -2.57. The molecule has 2 N–H and O–H groups in total. The summed E-state index contributed by atoms with van der Waals surface area (Å²) in [6.45, 7) is 6.96. The number of carbonyl (C=O) groups excluding carboxylic acids is 1. The zero-order valence-corrected chi connectivity index (χ0v) is 14.6. The molecule has 0 bridgehead atoms. The molecule has 1 aromatic carbocycles. The van der Waals surface area contributed by atoms with E-state index in [1.54, 1.807) is 33.8 Å². The number of carbonyl (C=O) groups is 1. The highest BCUT2D eigenvalue weighted by molar-refractivity contribution is 14.1. The third kappa shape index (κ3) is 3.68. The molecule has 18 heavy (non-hydrogen) atoms. The van der Waals surface area contributed by atoms with Crippen molar-refractivity contribution in [2.24, 2.45) is 0 Å². The molecule has 100 valence electrons. The first-order valence-electron chi connectivity index (χ1n) is 5.54. The summed E-state index contributed by atoms with van der Waals surface area (Å²) in [5, 5.41) is 12.9. The molecule has 0 aliphatic heterocycles. The van der Waals surface area contributed by atoms with Crippen molar-refractivity contribution in [3.05, 3.63) is 31.8 Å². The van der Waals surface area contributed by atoms with Crippen LogP contribution in [0.4, 0.5) is 0 Å². The van der Waals surface area contributed by atoms with Gasteiger partial charge in [-0.2, -0.15) is 0 Å². The van der Waals surface area contributed by atoms with Crippen LogP contribution in [0.3, 0.4) is 0 Å². The van der Waals surface area contributed by atoms with Gasteiger partial charge in [0, 0.05) is 8.04 Å². The summed E-state index contributed by atoms with van der Waals surface area (Å²) in [5.74, 6) is -0.187. The number of aliphatic hydroxyl groups is 1. The Labute approximate surface area is 130 Å². The predicted molar refractivity (Wildman–Crippen MR) is 84.7 cm³/mol. The standard InChI is InChI=1S/C13H17BrINO2/c1-12(2,13(3,4)18)16-11(17)9-7-8(14)5-6-10(9)15/h5-7,18H,1-4H3,(H,16,17). The third-order valence-electron chi connectivity index (χ3n) is 3.13. The number of amides is 1. The average Bonchev–Trinajstić information content (AvgIpc) is 2.19. The maximum absolute atomic E-state index is 12.2. The Hall–Kier alpha value is -0.140. The van der Waals surface area contributed by atoms with Gasteiger partial charge in [0.1, 0.15) is 0 Å². The maximum atomic E-state index is 12.2. The third-order valence-corrected chi connectivity index (χ3v) is 4.56. The van der Waals surface area contributed by atoms with Gasteiger partial charge in [-0.1, -0.05) is 15.9 Å². The van der Waals surface area contributed by atoms with Gasteiger partial charge in [0.25, 0.3) is 5.91 Å². The molecule has 1 rings (SSSR count). The first kappa shape index (κ1) is 15.9. The Bertz CT molecular complexity index is 467. The van der Waals surface area contributed by atoms with E-state index in [0.29, 0.717) is 5.56 Å². The summed E-state index contributed by atoms with van der Waals surface area (Å²) in [6, 6.07) is 5.54. The van der Waals surface area contributed by atoms with Crippen LogP contribution in [0, 0.1) is 3.57 Å². The highest BCUT2D eigenvalue weighted by Crippen LogP contribution is 2.23. The second-order valence-electron chi connectivity index (χ2n) is 5.26. The van der Waals surface area contributed by atoms with E-state index in [1.165, 1.54) is 0 Å². The summed E-state index contributed by atoms with van der Waals surface area (Å²) < 4.78 is 1.73.